The topological polar surface area (TPSA) is 94.7 Å². The van der Waals surface area contributed by atoms with Crippen molar-refractivity contribution in [2.75, 3.05) is 0 Å². The number of nitrogens with one attached hydrogen (secondary N) is 1. The summed E-state index contributed by atoms with van der Waals surface area (Å²) in [5.74, 6) is -1.27. The van der Waals surface area contributed by atoms with Gasteiger partial charge in [-0.25, -0.2) is 18.6 Å². The van der Waals surface area contributed by atoms with E-state index < -0.39 is 23.5 Å². The molecule has 3 rings (SSSR count). The summed E-state index contributed by atoms with van der Waals surface area (Å²) in [6.45, 7) is 4.55. The highest BCUT2D eigenvalue weighted by Crippen LogP contribution is 2.16. The number of pyridine rings is 1. The van der Waals surface area contributed by atoms with E-state index in [2.05, 4.69) is 20.7 Å². The van der Waals surface area contributed by atoms with E-state index in [9.17, 15) is 18.4 Å². The van der Waals surface area contributed by atoms with E-state index in [1.54, 1.807) is 32.9 Å². The molecule has 2 heterocycles. The first kappa shape index (κ1) is 19.3. The molecule has 1 aromatic carbocycles. The lowest BCUT2D eigenvalue weighted by molar-refractivity contribution is -0.122. The van der Waals surface area contributed by atoms with E-state index in [-0.39, 0.29) is 18.2 Å². The third-order valence-corrected chi connectivity index (χ3v) is 4.22. The second-order valence-corrected chi connectivity index (χ2v) is 6.42. The van der Waals surface area contributed by atoms with E-state index in [0.717, 1.165) is 15.6 Å². The number of amides is 1. The number of tetrazole rings is 1. The molecule has 0 bridgehead atoms. The van der Waals surface area contributed by atoms with Crippen molar-refractivity contribution in [3.63, 3.8) is 0 Å². The van der Waals surface area contributed by atoms with Gasteiger partial charge in [0, 0.05) is 0 Å². The molecular formula is C18H18F2N6O2. The Kier molecular flexibility index (Phi) is 5.30. The molecule has 0 saturated carbocycles. The fraction of sp³-hybridized carbons (Fsp3) is 0.278. The molecule has 0 aliphatic carbocycles. The van der Waals surface area contributed by atoms with E-state index in [0.29, 0.717) is 16.7 Å². The molecule has 146 valence electrons. The van der Waals surface area contributed by atoms with Gasteiger partial charge in [-0.3, -0.25) is 4.79 Å². The largest absolute Gasteiger partial charge is 0.370 e. The van der Waals surface area contributed by atoms with Crippen LogP contribution in [-0.2, 0) is 11.3 Å². The first-order chi connectivity index (χ1) is 13.3. The normalized spacial score (nSPS) is 12.0. The van der Waals surface area contributed by atoms with Crippen molar-refractivity contribution in [1.82, 2.24) is 30.1 Å². The molecule has 8 nitrogen and oxygen atoms in total. The molecule has 3 aromatic rings. The molecule has 0 radical (unpaired) electrons. The molecule has 1 N–H and O–H groups in total. The molecule has 1 amide bonds. The summed E-state index contributed by atoms with van der Waals surface area (Å²) in [6.07, 6.45) is 0.961. The molecule has 0 spiro atoms. The molecule has 2 aromatic heterocycles. The van der Waals surface area contributed by atoms with Crippen LogP contribution in [0.25, 0.3) is 5.82 Å². The van der Waals surface area contributed by atoms with Gasteiger partial charge in [0.05, 0.1) is 12.2 Å². The minimum atomic E-state index is -0.689. The van der Waals surface area contributed by atoms with Crippen LogP contribution in [0.2, 0.25) is 0 Å². The zero-order chi connectivity index (χ0) is 20.4. The average molecular weight is 388 g/mol. The Labute approximate surface area is 158 Å². The molecule has 0 unspecified atom stereocenters. The predicted molar refractivity (Wildman–Crippen MR) is 95.8 cm³/mol. The minimum absolute atomic E-state index is 0.126. The van der Waals surface area contributed by atoms with E-state index in [1.807, 2.05) is 0 Å². The second-order valence-electron chi connectivity index (χ2n) is 6.42. The number of benzene rings is 1. The van der Waals surface area contributed by atoms with Gasteiger partial charge in [-0.15, -0.1) is 4.68 Å². The van der Waals surface area contributed by atoms with Gasteiger partial charge in [-0.2, -0.15) is 4.68 Å². The molecule has 1 atom stereocenters. The van der Waals surface area contributed by atoms with Crippen molar-refractivity contribution in [1.29, 1.82) is 0 Å². The molecule has 0 saturated heterocycles. The first-order valence-corrected chi connectivity index (χ1v) is 8.47. The van der Waals surface area contributed by atoms with Crippen LogP contribution in [0.4, 0.5) is 8.78 Å². The Morgan fingerprint density at radius 1 is 1.18 bits per heavy atom. The quantitative estimate of drug-likeness (QED) is 0.716. The van der Waals surface area contributed by atoms with Gasteiger partial charge < -0.3 is 5.32 Å². The van der Waals surface area contributed by atoms with Crippen LogP contribution < -0.4 is 11.0 Å². The lowest BCUT2D eigenvalue weighted by atomic mass is 10.1. The summed E-state index contributed by atoms with van der Waals surface area (Å²) < 4.78 is 28.6. The van der Waals surface area contributed by atoms with Crippen LogP contribution in [-0.4, -0.2) is 30.7 Å². The van der Waals surface area contributed by atoms with Gasteiger partial charge in [-0.1, -0.05) is 12.1 Å². The van der Waals surface area contributed by atoms with Gasteiger partial charge in [0.25, 0.3) is 0 Å². The second kappa shape index (κ2) is 7.67. The van der Waals surface area contributed by atoms with Gasteiger partial charge in [0.1, 0.15) is 18.2 Å². The molecule has 28 heavy (non-hydrogen) atoms. The van der Waals surface area contributed by atoms with E-state index in [1.165, 1.54) is 12.1 Å². The summed E-state index contributed by atoms with van der Waals surface area (Å²) in [7, 11) is 0. The number of hydrogen-bond acceptors (Lipinski definition) is 5. The maximum absolute atomic E-state index is 13.7. The van der Waals surface area contributed by atoms with Crippen LogP contribution in [0.3, 0.4) is 0 Å². The zero-order valence-electron chi connectivity index (χ0n) is 15.5. The monoisotopic (exact) mass is 388 g/mol. The Hall–Kier alpha value is -3.43. The van der Waals surface area contributed by atoms with E-state index >= 15 is 0 Å². The van der Waals surface area contributed by atoms with Crippen LogP contribution in [0.15, 0.2) is 35.3 Å². The summed E-state index contributed by atoms with van der Waals surface area (Å²) in [5.41, 5.74) is 0.814. The van der Waals surface area contributed by atoms with Crippen molar-refractivity contribution in [2.24, 2.45) is 0 Å². The molecule has 0 aliphatic rings. The smallest absolute Gasteiger partial charge is 0.348 e. The van der Waals surface area contributed by atoms with Crippen molar-refractivity contribution >= 4 is 5.91 Å². The average Bonchev–Trinajstić information content (AvgIpc) is 2.97. The van der Waals surface area contributed by atoms with E-state index in [4.69, 9.17) is 0 Å². The molecule has 0 aliphatic heterocycles. The maximum atomic E-state index is 13.7. The highest BCUT2D eigenvalue weighted by atomic mass is 19.1. The van der Waals surface area contributed by atoms with Crippen molar-refractivity contribution in [3.8, 4) is 5.82 Å². The lowest BCUT2D eigenvalue weighted by Crippen LogP contribution is -2.35. The summed E-state index contributed by atoms with van der Waals surface area (Å²) in [4.78, 5) is 28.5. The van der Waals surface area contributed by atoms with Gasteiger partial charge >= 0.3 is 5.69 Å². The highest BCUT2D eigenvalue weighted by Gasteiger charge is 2.17. The van der Waals surface area contributed by atoms with Crippen LogP contribution >= 0.6 is 0 Å². The van der Waals surface area contributed by atoms with Crippen molar-refractivity contribution < 1.29 is 13.6 Å². The molecule has 10 heteroatoms. The number of hydrogen-bond donors (Lipinski definition) is 1. The van der Waals surface area contributed by atoms with Crippen molar-refractivity contribution in [2.45, 2.75) is 33.4 Å². The summed E-state index contributed by atoms with van der Waals surface area (Å²) in [5, 5.41) is 10.0. The van der Waals surface area contributed by atoms with Crippen molar-refractivity contribution in [3.05, 3.63) is 69.3 Å². The number of aromatic nitrogens is 5. The molecule has 0 fully saturated rings. The van der Waals surface area contributed by atoms with Crippen LogP contribution in [0.5, 0.6) is 0 Å². The maximum Gasteiger partial charge on any atom is 0.370 e. The molecular weight excluding hydrogens is 370 g/mol. The standard InChI is InChI=1S/C18H18F2N6O2/c1-10-4-5-13(7-15(10)20)12(3)22-16(27)9-25-18(28)26(24-23-25)17-11(2)6-14(19)8-21-17/h4-8,12H,9H2,1-3H3,(H,22,27)/t12-/m0/s1. The Bertz CT molecular complexity index is 1090. The first-order valence-electron chi connectivity index (χ1n) is 8.47. The lowest BCUT2D eigenvalue weighted by Gasteiger charge is -2.14. The Morgan fingerprint density at radius 3 is 2.61 bits per heavy atom. The minimum Gasteiger partial charge on any atom is -0.348 e. The van der Waals surface area contributed by atoms with Gasteiger partial charge in [0.15, 0.2) is 5.82 Å². The Morgan fingerprint density at radius 2 is 1.93 bits per heavy atom. The van der Waals surface area contributed by atoms with Crippen LogP contribution in [0.1, 0.15) is 29.7 Å². The predicted octanol–water partition coefficient (Wildman–Crippen LogP) is 1.60. The number of rotatable bonds is 5. The fourth-order valence-electron chi connectivity index (χ4n) is 2.65. The summed E-state index contributed by atoms with van der Waals surface area (Å²) >= 11 is 0. The van der Waals surface area contributed by atoms with Crippen LogP contribution in [0, 0.1) is 25.5 Å². The number of aryl methyl sites for hydroxylation is 2. The number of carbonyl (C=O) groups is 1. The third kappa shape index (κ3) is 3.95. The number of halogens is 2. The Balaban J connectivity index is 1.73. The third-order valence-electron chi connectivity index (χ3n) is 4.22. The zero-order valence-corrected chi connectivity index (χ0v) is 15.5. The summed E-state index contributed by atoms with van der Waals surface area (Å²) in [6, 6.07) is 5.44. The SMILES string of the molecule is Cc1ccc([C@H](C)NC(=O)Cn2nnn(-c3ncc(F)cc3C)c2=O)cc1F. The fourth-order valence-corrected chi connectivity index (χ4v) is 2.65. The number of carbonyl (C=O) groups excluding carboxylic acids is 1. The highest BCUT2D eigenvalue weighted by molar-refractivity contribution is 5.76. The van der Waals surface area contributed by atoms with Gasteiger partial charge in [0.2, 0.25) is 5.91 Å². The number of nitrogens with zero attached hydrogens (tertiary/aromatic N) is 5. The van der Waals surface area contributed by atoms with Gasteiger partial charge in [-0.05, 0) is 60.0 Å².